The van der Waals surface area contributed by atoms with Gasteiger partial charge >= 0.3 is 0 Å². The minimum atomic E-state index is -0.960. The first kappa shape index (κ1) is 22.7. The summed E-state index contributed by atoms with van der Waals surface area (Å²) < 4.78 is 5.49. The van der Waals surface area contributed by atoms with Crippen LogP contribution >= 0.6 is 23.2 Å². The number of nitrogens with zero attached hydrogens (tertiary/aromatic N) is 1. The largest absolute Gasteiger partial charge is 0.508 e. The number of carbonyl (C=O) groups excluding carboxylic acids is 2. The van der Waals surface area contributed by atoms with Crippen LogP contribution in [0.5, 0.6) is 11.5 Å². The van der Waals surface area contributed by atoms with Gasteiger partial charge < -0.3 is 14.9 Å². The summed E-state index contributed by atoms with van der Waals surface area (Å²) in [6.45, 7) is 2.22. The molecule has 8 heteroatoms. The van der Waals surface area contributed by atoms with Crippen molar-refractivity contribution in [3.05, 3.63) is 93.5 Å². The highest BCUT2D eigenvalue weighted by atomic mass is 35.5. The number of aromatic hydroxyl groups is 1. The number of carbonyl (C=O) groups is 2. The number of amides is 1. The summed E-state index contributed by atoms with van der Waals surface area (Å²) in [5.74, 6) is -1.62. The summed E-state index contributed by atoms with van der Waals surface area (Å²) >= 11 is 12.3. The standard InChI is InChI=1S/C25H19Cl2NO5/c1-2-33-18-11-12-20(27)19(13-18)23(30)21-22(14-3-9-17(29)10-4-14)28(25(32)24(21)31)16-7-5-15(26)6-8-16/h3-13,22,29-30H,2H2,1H3/b23-21+. The van der Waals surface area contributed by atoms with Crippen molar-refractivity contribution in [3.63, 3.8) is 0 Å². The molecule has 6 nitrogen and oxygen atoms in total. The van der Waals surface area contributed by atoms with Crippen molar-refractivity contribution < 1.29 is 24.5 Å². The van der Waals surface area contributed by atoms with Gasteiger partial charge in [0.05, 0.1) is 23.2 Å². The van der Waals surface area contributed by atoms with E-state index in [1.54, 1.807) is 48.5 Å². The summed E-state index contributed by atoms with van der Waals surface area (Å²) in [5, 5.41) is 21.6. The summed E-state index contributed by atoms with van der Waals surface area (Å²) in [5.41, 5.74) is 0.977. The number of Topliss-reactive ketones (excluding diaryl/α,β-unsaturated/α-hetero) is 1. The molecule has 0 aromatic heterocycles. The number of phenols is 1. The Morgan fingerprint density at radius 1 is 1.00 bits per heavy atom. The number of ketones is 1. The van der Waals surface area contributed by atoms with Crippen LogP contribution in [-0.2, 0) is 9.59 Å². The number of rotatable bonds is 5. The Morgan fingerprint density at radius 2 is 1.67 bits per heavy atom. The first-order valence-corrected chi connectivity index (χ1v) is 10.9. The van der Waals surface area contributed by atoms with Crippen LogP contribution in [0.15, 0.2) is 72.3 Å². The number of aliphatic hydroxyl groups excluding tert-OH is 1. The fourth-order valence-electron chi connectivity index (χ4n) is 3.76. The molecule has 1 unspecified atom stereocenters. The maximum atomic E-state index is 13.2. The molecule has 0 bridgehead atoms. The molecule has 1 heterocycles. The molecule has 1 aliphatic heterocycles. The molecular weight excluding hydrogens is 465 g/mol. The molecule has 0 spiro atoms. The van der Waals surface area contributed by atoms with Gasteiger partial charge in [0.25, 0.3) is 11.7 Å². The SMILES string of the molecule is CCOc1ccc(Cl)c(/C(O)=C2\C(=O)C(=O)N(c3ccc(Cl)cc3)C2c2ccc(O)cc2)c1. The van der Waals surface area contributed by atoms with Gasteiger partial charge in [-0.05, 0) is 67.1 Å². The van der Waals surface area contributed by atoms with E-state index >= 15 is 0 Å². The number of aliphatic hydroxyl groups is 1. The van der Waals surface area contributed by atoms with E-state index in [2.05, 4.69) is 0 Å². The van der Waals surface area contributed by atoms with Crippen LogP contribution in [0.3, 0.4) is 0 Å². The Bertz CT molecular complexity index is 1250. The molecule has 0 radical (unpaired) electrons. The van der Waals surface area contributed by atoms with Gasteiger partial charge in [-0.25, -0.2) is 0 Å². The third-order valence-electron chi connectivity index (χ3n) is 5.26. The number of hydrogen-bond acceptors (Lipinski definition) is 5. The summed E-state index contributed by atoms with van der Waals surface area (Å²) in [6, 6.07) is 16.2. The molecule has 2 N–H and O–H groups in total. The molecule has 1 saturated heterocycles. The summed E-state index contributed by atoms with van der Waals surface area (Å²) in [7, 11) is 0. The summed E-state index contributed by atoms with van der Waals surface area (Å²) in [4.78, 5) is 27.6. The molecule has 168 valence electrons. The molecule has 0 saturated carbocycles. The Balaban J connectivity index is 1.94. The number of benzene rings is 3. The monoisotopic (exact) mass is 483 g/mol. The molecule has 3 aromatic rings. The number of halogens is 2. The zero-order valence-electron chi connectivity index (χ0n) is 17.5. The third kappa shape index (κ3) is 4.27. The van der Waals surface area contributed by atoms with Crippen LogP contribution in [0.1, 0.15) is 24.1 Å². The lowest BCUT2D eigenvalue weighted by Gasteiger charge is -2.25. The van der Waals surface area contributed by atoms with Crippen molar-refractivity contribution in [2.24, 2.45) is 0 Å². The van der Waals surface area contributed by atoms with Gasteiger partial charge in [-0.3, -0.25) is 14.5 Å². The molecule has 33 heavy (non-hydrogen) atoms. The van der Waals surface area contributed by atoms with Gasteiger partial charge in [0, 0.05) is 16.3 Å². The zero-order valence-corrected chi connectivity index (χ0v) is 19.0. The second-order valence-electron chi connectivity index (χ2n) is 7.31. The third-order valence-corrected chi connectivity index (χ3v) is 5.84. The number of phenolic OH excluding ortho intramolecular Hbond substituents is 1. The average molecular weight is 484 g/mol. The van der Waals surface area contributed by atoms with E-state index in [1.807, 2.05) is 6.92 Å². The smallest absolute Gasteiger partial charge is 0.300 e. The van der Waals surface area contributed by atoms with Gasteiger partial charge in [0.1, 0.15) is 17.3 Å². The first-order chi connectivity index (χ1) is 15.8. The molecule has 1 atom stereocenters. The number of ether oxygens (including phenoxy) is 1. The molecule has 1 aliphatic rings. The Morgan fingerprint density at radius 3 is 2.30 bits per heavy atom. The van der Waals surface area contributed by atoms with Crippen LogP contribution in [0, 0.1) is 0 Å². The maximum absolute atomic E-state index is 13.2. The Hall–Kier alpha value is -3.48. The van der Waals surface area contributed by atoms with Crippen LogP contribution in [0.25, 0.3) is 5.76 Å². The lowest BCUT2D eigenvalue weighted by molar-refractivity contribution is -0.132. The first-order valence-electron chi connectivity index (χ1n) is 10.1. The lowest BCUT2D eigenvalue weighted by atomic mass is 9.95. The van der Waals surface area contributed by atoms with E-state index in [9.17, 15) is 19.8 Å². The van der Waals surface area contributed by atoms with Gasteiger partial charge in [0.15, 0.2) is 0 Å². The highest BCUT2D eigenvalue weighted by Gasteiger charge is 2.47. The normalized spacial score (nSPS) is 17.4. The van der Waals surface area contributed by atoms with E-state index in [1.165, 1.54) is 23.1 Å². The second-order valence-corrected chi connectivity index (χ2v) is 8.16. The van der Waals surface area contributed by atoms with Crippen molar-refractivity contribution in [3.8, 4) is 11.5 Å². The highest BCUT2D eigenvalue weighted by Crippen LogP contribution is 2.43. The van der Waals surface area contributed by atoms with Gasteiger partial charge in [-0.2, -0.15) is 0 Å². The topological polar surface area (TPSA) is 87.1 Å². The second kappa shape index (κ2) is 9.17. The van der Waals surface area contributed by atoms with E-state index in [0.717, 1.165) is 0 Å². The molecule has 3 aromatic carbocycles. The minimum Gasteiger partial charge on any atom is -0.508 e. The van der Waals surface area contributed by atoms with E-state index < -0.39 is 23.5 Å². The van der Waals surface area contributed by atoms with Crippen molar-refractivity contribution in [1.29, 1.82) is 0 Å². The van der Waals surface area contributed by atoms with E-state index in [0.29, 0.717) is 28.6 Å². The molecule has 0 aliphatic carbocycles. The van der Waals surface area contributed by atoms with Gasteiger partial charge in [0.2, 0.25) is 0 Å². The van der Waals surface area contributed by atoms with Gasteiger partial charge in [-0.1, -0.05) is 35.3 Å². The summed E-state index contributed by atoms with van der Waals surface area (Å²) in [6.07, 6.45) is 0. The Labute approximate surface area is 200 Å². The fraction of sp³-hybridized carbons (Fsp3) is 0.120. The molecule has 4 rings (SSSR count). The molecule has 1 fully saturated rings. The van der Waals surface area contributed by atoms with Crippen LogP contribution in [0.4, 0.5) is 5.69 Å². The van der Waals surface area contributed by atoms with Gasteiger partial charge in [-0.15, -0.1) is 0 Å². The average Bonchev–Trinajstić information content (AvgIpc) is 3.06. The number of anilines is 1. The lowest BCUT2D eigenvalue weighted by Crippen LogP contribution is -2.29. The van der Waals surface area contributed by atoms with Crippen LogP contribution in [0.2, 0.25) is 10.0 Å². The Kier molecular flexibility index (Phi) is 6.31. The predicted molar refractivity (Wildman–Crippen MR) is 127 cm³/mol. The predicted octanol–water partition coefficient (Wildman–Crippen LogP) is 5.72. The van der Waals surface area contributed by atoms with Crippen molar-refractivity contribution in [1.82, 2.24) is 0 Å². The van der Waals surface area contributed by atoms with Crippen molar-refractivity contribution >= 4 is 46.3 Å². The number of hydrogen-bond donors (Lipinski definition) is 2. The highest BCUT2D eigenvalue weighted by molar-refractivity contribution is 6.52. The van der Waals surface area contributed by atoms with E-state index in [4.69, 9.17) is 27.9 Å². The molecule has 1 amide bonds. The van der Waals surface area contributed by atoms with E-state index in [-0.39, 0.29) is 21.9 Å². The van der Waals surface area contributed by atoms with Crippen molar-refractivity contribution in [2.75, 3.05) is 11.5 Å². The molecular formula is C25H19Cl2NO5. The maximum Gasteiger partial charge on any atom is 0.300 e. The zero-order chi connectivity index (χ0) is 23.7. The minimum absolute atomic E-state index is 0.0228. The van der Waals surface area contributed by atoms with Crippen LogP contribution < -0.4 is 9.64 Å². The van der Waals surface area contributed by atoms with Crippen LogP contribution in [-0.4, -0.2) is 28.5 Å². The fourth-order valence-corrected chi connectivity index (χ4v) is 4.09. The van der Waals surface area contributed by atoms with Crippen molar-refractivity contribution in [2.45, 2.75) is 13.0 Å². The quantitative estimate of drug-likeness (QED) is 0.275.